The Labute approximate surface area is 170 Å². The fourth-order valence-electron chi connectivity index (χ4n) is 3.64. The Kier molecular flexibility index (Phi) is 7.31. The second-order valence-electron chi connectivity index (χ2n) is 7.57. The number of hydrogen-bond acceptors (Lipinski definition) is 2. The van der Waals surface area contributed by atoms with E-state index in [9.17, 15) is 18.0 Å². The molecule has 0 N–H and O–H groups in total. The maximum Gasteiger partial charge on any atom is 0.416 e. The highest BCUT2D eigenvalue weighted by Gasteiger charge is 2.30. The van der Waals surface area contributed by atoms with Gasteiger partial charge in [0.05, 0.1) is 12.0 Å². The highest BCUT2D eigenvalue weighted by atomic mass is 19.4. The Morgan fingerprint density at radius 1 is 0.897 bits per heavy atom. The van der Waals surface area contributed by atoms with Gasteiger partial charge in [-0.05, 0) is 49.2 Å². The van der Waals surface area contributed by atoms with Crippen LogP contribution in [0.4, 0.5) is 13.2 Å². The average Bonchev–Trinajstić information content (AvgIpc) is 2.72. The maximum absolute atomic E-state index is 12.9. The first-order valence-electron chi connectivity index (χ1n) is 10.1. The number of nitrogens with zero attached hydrogens (tertiary/aromatic N) is 2. The molecule has 0 atom stereocenters. The van der Waals surface area contributed by atoms with Gasteiger partial charge in [0.25, 0.3) is 0 Å². The number of likely N-dealkylation sites (tertiary alicyclic amines) is 1. The van der Waals surface area contributed by atoms with Crippen LogP contribution in [0.3, 0.4) is 0 Å². The van der Waals surface area contributed by atoms with Crippen molar-refractivity contribution >= 4 is 5.91 Å². The van der Waals surface area contributed by atoms with Crippen molar-refractivity contribution in [3.05, 3.63) is 71.3 Å². The fourth-order valence-corrected chi connectivity index (χ4v) is 3.64. The first-order chi connectivity index (χ1) is 13.9. The highest BCUT2D eigenvalue weighted by molar-refractivity contribution is 5.78. The van der Waals surface area contributed by atoms with Gasteiger partial charge in [-0.2, -0.15) is 13.2 Å². The van der Waals surface area contributed by atoms with Crippen molar-refractivity contribution in [2.24, 2.45) is 0 Å². The van der Waals surface area contributed by atoms with E-state index < -0.39 is 11.7 Å². The summed E-state index contributed by atoms with van der Waals surface area (Å²) >= 11 is 0. The molecule has 3 rings (SSSR count). The van der Waals surface area contributed by atoms with Gasteiger partial charge in [-0.15, -0.1) is 0 Å². The molecule has 0 radical (unpaired) electrons. The van der Waals surface area contributed by atoms with Crippen molar-refractivity contribution in [3.63, 3.8) is 0 Å². The van der Waals surface area contributed by atoms with E-state index in [0.29, 0.717) is 25.1 Å². The minimum Gasteiger partial charge on any atom is -0.337 e. The number of benzene rings is 2. The average molecular weight is 404 g/mol. The molecule has 29 heavy (non-hydrogen) atoms. The summed E-state index contributed by atoms with van der Waals surface area (Å²) < 4.78 is 38.4. The Morgan fingerprint density at radius 3 is 2.17 bits per heavy atom. The van der Waals surface area contributed by atoms with Gasteiger partial charge >= 0.3 is 6.18 Å². The molecule has 3 nitrogen and oxygen atoms in total. The van der Waals surface area contributed by atoms with E-state index in [4.69, 9.17) is 0 Å². The third-order valence-electron chi connectivity index (χ3n) is 5.34. The number of rotatable bonds is 7. The van der Waals surface area contributed by atoms with Crippen LogP contribution in [0.2, 0.25) is 0 Å². The Bertz CT molecular complexity index is 769. The van der Waals surface area contributed by atoms with Crippen LogP contribution in [-0.4, -0.2) is 41.9 Å². The van der Waals surface area contributed by atoms with Crippen LogP contribution in [0.5, 0.6) is 0 Å². The van der Waals surface area contributed by atoms with E-state index in [0.717, 1.165) is 37.3 Å². The van der Waals surface area contributed by atoms with Crippen molar-refractivity contribution in [1.82, 2.24) is 9.80 Å². The van der Waals surface area contributed by atoms with Crippen LogP contribution < -0.4 is 0 Å². The standard InChI is InChI=1S/C23H27F3N2O/c24-23(25,26)21-11-9-20(10-12-21)18-28(16-15-27-13-5-2-6-14-27)22(29)17-19-7-3-1-4-8-19/h1,3-4,7-12H,2,5-6,13-18H2. The number of halogens is 3. The summed E-state index contributed by atoms with van der Waals surface area (Å²) in [6, 6.07) is 14.6. The predicted molar refractivity (Wildman–Crippen MR) is 107 cm³/mol. The van der Waals surface area contributed by atoms with Crippen LogP contribution in [-0.2, 0) is 23.9 Å². The lowest BCUT2D eigenvalue weighted by atomic mass is 10.1. The Morgan fingerprint density at radius 2 is 1.55 bits per heavy atom. The molecule has 2 aromatic rings. The lowest BCUT2D eigenvalue weighted by Gasteiger charge is -2.30. The first-order valence-corrected chi connectivity index (χ1v) is 10.1. The molecule has 156 valence electrons. The number of carbonyl (C=O) groups is 1. The lowest BCUT2D eigenvalue weighted by molar-refractivity contribution is -0.137. The molecule has 1 heterocycles. The van der Waals surface area contributed by atoms with Crippen LogP contribution in [0, 0.1) is 0 Å². The van der Waals surface area contributed by atoms with Gasteiger partial charge in [0.2, 0.25) is 5.91 Å². The van der Waals surface area contributed by atoms with Gasteiger partial charge in [0.15, 0.2) is 0 Å². The molecule has 0 bridgehead atoms. The third kappa shape index (κ3) is 6.60. The van der Waals surface area contributed by atoms with Gasteiger partial charge in [0.1, 0.15) is 0 Å². The minimum atomic E-state index is -4.35. The number of hydrogen-bond donors (Lipinski definition) is 0. The second-order valence-corrected chi connectivity index (χ2v) is 7.57. The Hall–Kier alpha value is -2.34. The zero-order valence-corrected chi connectivity index (χ0v) is 16.5. The predicted octanol–water partition coefficient (Wildman–Crippen LogP) is 4.76. The number of alkyl halides is 3. The summed E-state index contributed by atoms with van der Waals surface area (Å²) in [6.45, 7) is 3.77. The monoisotopic (exact) mass is 404 g/mol. The van der Waals surface area contributed by atoms with E-state index in [1.165, 1.54) is 31.4 Å². The van der Waals surface area contributed by atoms with Crippen LogP contribution in [0.1, 0.15) is 36.0 Å². The molecule has 6 heteroatoms. The summed E-state index contributed by atoms with van der Waals surface area (Å²) in [6.07, 6.45) is -0.455. The van der Waals surface area contributed by atoms with E-state index in [1.807, 2.05) is 30.3 Å². The van der Waals surface area contributed by atoms with E-state index >= 15 is 0 Å². The van der Waals surface area contributed by atoms with Crippen LogP contribution in [0.15, 0.2) is 54.6 Å². The van der Waals surface area contributed by atoms with Gasteiger partial charge in [-0.1, -0.05) is 48.9 Å². The highest BCUT2D eigenvalue weighted by Crippen LogP contribution is 2.29. The smallest absolute Gasteiger partial charge is 0.337 e. The minimum absolute atomic E-state index is 0.00638. The van der Waals surface area contributed by atoms with Crippen molar-refractivity contribution in [3.8, 4) is 0 Å². The van der Waals surface area contributed by atoms with Crippen molar-refractivity contribution < 1.29 is 18.0 Å². The molecule has 0 aromatic heterocycles. The van der Waals surface area contributed by atoms with E-state index in [-0.39, 0.29) is 5.91 Å². The van der Waals surface area contributed by atoms with E-state index in [2.05, 4.69) is 4.90 Å². The number of piperidine rings is 1. The molecule has 0 unspecified atom stereocenters. The van der Waals surface area contributed by atoms with Gasteiger partial charge in [-0.3, -0.25) is 4.79 Å². The SMILES string of the molecule is O=C(Cc1ccccc1)N(CCN1CCCCC1)Cc1ccc(C(F)(F)F)cc1. The van der Waals surface area contributed by atoms with Crippen molar-refractivity contribution in [1.29, 1.82) is 0 Å². The molecule has 1 amide bonds. The third-order valence-corrected chi connectivity index (χ3v) is 5.34. The number of amides is 1. The van der Waals surface area contributed by atoms with Crippen LogP contribution >= 0.6 is 0 Å². The van der Waals surface area contributed by atoms with E-state index in [1.54, 1.807) is 4.90 Å². The molecule has 2 aromatic carbocycles. The first kappa shape index (κ1) is 21.4. The summed E-state index contributed by atoms with van der Waals surface area (Å²) in [4.78, 5) is 17.1. The second kappa shape index (κ2) is 9.92. The molecule has 1 aliphatic rings. The molecule has 1 saturated heterocycles. The zero-order chi connectivity index (χ0) is 20.7. The van der Waals surface area contributed by atoms with Crippen molar-refractivity contribution in [2.75, 3.05) is 26.2 Å². The molecule has 0 spiro atoms. The normalized spacial score (nSPS) is 15.3. The zero-order valence-electron chi connectivity index (χ0n) is 16.5. The lowest BCUT2D eigenvalue weighted by Crippen LogP contribution is -2.40. The summed E-state index contributed by atoms with van der Waals surface area (Å²) in [5.41, 5.74) is 0.975. The van der Waals surface area contributed by atoms with Crippen molar-refractivity contribution in [2.45, 2.75) is 38.4 Å². The summed E-state index contributed by atoms with van der Waals surface area (Å²) in [5, 5.41) is 0. The van der Waals surface area contributed by atoms with Gasteiger partial charge in [-0.25, -0.2) is 0 Å². The number of carbonyl (C=O) groups excluding carboxylic acids is 1. The largest absolute Gasteiger partial charge is 0.416 e. The van der Waals surface area contributed by atoms with Gasteiger partial charge in [0, 0.05) is 19.6 Å². The molecular formula is C23H27F3N2O. The quantitative estimate of drug-likeness (QED) is 0.664. The maximum atomic E-state index is 12.9. The fraction of sp³-hybridized carbons (Fsp3) is 0.435. The molecule has 0 saturated carbocycles. The van der Waals surface area contributed by atoms with Crippen LogP contribution in [0.25, 0.3) is 0 Å². The molecule has 0 aliphatic carbocycles. The molecular weight excluding hydrogens is 377 g/mol. The molecule has 1 aliphatic heterocycles. The molecule has 1 fully saturated rings. The summed E-state index contributed by atoms with van der Waals surface area (Å²) in [7, 11) is 0. The Balaban J connectivity index is 1.68. The topological polar surface area (TPSA) is 23.6 Å². The van der Waals surface area contributed by atoms with Gasteiger partial charge < -0.3 is 9.80 Å². The summed E-state index contributed by atoms with van der Waals surface area (Å²) in [5.74, 6) is -0.00638.